The predicted octanol–water partition coefficient (Wildman–Crippen LogP) is 3.75. The maximum Gasteiger partial charge on any atom is 0.104 e. The molecule has 17 heavy (non-hydrogen) atoms. The topological polar surface area (TPSA) is 38.9 Å². The Bertz CT molecular complexity index is 593. The lowest BCUT2D eigenvalue weighted by atomic mass is 10.0. The zero-order chi connectivity index (χ0) is 12.6. The fraction of sp³-hybridized carbons (Fsp3) is 0.231. The van der Waals surface area contributed by atoms with Gasteiger partial charge in [0, 0.05) is 21.1 Å². The van der Waals surface area contributed by atoms with Gasteiger partial charge in [-0.15, -0.1) is 0 Å². The van der Waals surface area contributed by atoms with Gasteiger partial charge >= 0.3 is 0 Å². The molecule has 1 heterocycles. The smallest absolute Gasteiger partial charge is 0.104 e. The Balaban J connectivity index is 2.81. The third kappa shape index (κ3) is 2.48. The van der Waals surface area contributed by atoms with E-state index in [1.165, 1.54) is 0 Å². The summed E-state index contributed by atoms with van der Waals surface area (Å²) in [7, 11) is 0. The number of halogens is 1. The van der Waals surface area contributed by atoms with Crippen molar-refractivity contribution in [2.24, 2.45) is 5.73 Å². The van der Waals surface area contributed by atoms with Gasteiger partial charge in [0.15, 0.2) is 0 Å². The summed E-state index contributed by atoms with van der Waals surface area (Å²) in [5, 5.41) is 0.997. The molecule has 88 valence electrons. The van der Waals surface area contributed by atoms with Crippen LogP contribution in [0.2, 0.25) is 0 Å². The van der Waals surface area contributed by atoms with Crippen molar-refractivity contribution in [2.45, 2.75) is 19.8 Å². The molecule has 0 aliphatic rings. The predicted molar refractivity (Wildman–Crippen MR) is 79.4 cm³/mol. The summed E-state index contributed by atoms with van der Waals surface area (Å²) in [6.45, 7) is 4.22. The van der Waals surface area contributed by atoms with Gasteiger partial charge in [0.05, 0.1) is 5.52 Å². The van der Waals surface area contributed by atoms with Crippen molar-refractivity contribution in [3.05, 3.63) is 40.0 Å². The molecule has 0 aliphatic carbocycles. The summed E-state index contributed by atoms with van der Waals surface area (Å²) in [5.41, 5.74) is 8.63. The number of hydrogen-bond acceptors (Lipinski definition) is 2. The van der Waals surface area contributed by atoms with E-state index in [0.29, 0.717) is 10.9 Å². The van der Waals surface area contributed by atoms with Crippen LogP contribution >= 0.6 is 28.1 Å². The van der Waals surface area contributed by atoms with E-state index in [0.717, 1.165) is 26.6 Å². The number of fused-ring (bicyclic) bond motifs is 1. The molecule has 2 rings (SSSR count). The van der Waals surface area contributed by atoms with Crippen LogP contribution in [0.4, 0.5) is 0 Å². The van der Waals surface area contributed by atoms with Gasteiger partial charge in [-0.2, -0.15) is 0 Å². The normalized spacial score (nSPS) is 11.1. The van der Waals surface area contributed by atoms with Crippen LogP contribution in [0.1, 0.15) is 31.0 Å². The van der Waals surface area contributed by atoms with Crippen molar-refractivity contribution < 1.29 is 0 Å². The molecule has 4 heteroatoms. The molecule has 1 aromatic carbocycles. The van der Waals surface area contributed by atoms with Gasteiger partial charge in [-0.25, -0.2) is 0 Å². The van der Waals surface area contributed by atoms with Crippen LogP contribution in [0.5, 0.6) is 0 Å². The SMILES string of the molecule is CC(C)c1cc(C(N)=S)c2cc(Br)ccc2n1. The summed E-state index contributed by atoms with van der Waals surface area (Å²) in [6, 6.07) is 7.94. The lowest BCUT2D eigenvalue weighted by Crippen LogP contribution is -2.11. The highest BCUT2D eigenvalue weighted by Gasteiger charge is 2.10. The van der Waals surface area contributed by atoms with Crippen LogP contribution in [0.15, 0.2) is 28.7 Å². The van der Waals surface area contributed by atoms with E-state index in [9.17, 15) is 0 Å². The van der Waals surface area contributed by atoms with Crippen molar-refractivity contribution in [1.82, 2.24) is 4.98 Å². The molecule has 0 spiro atoms. The second-order valence-corrected chi connectivity index (χ2v) is 5.63. The molecule has 1 aromatic heterocycles. The standard InChI is InChI=1S/C13H13BrN2S/c1-7(2)12-6-10(13(15)17)9-5-8(14)3-4-11(9)16-12/h3-7H,1-2H3,(H2,15,17). The van der Waals surface area contributed by atoms with Crippen molar-refractivity contribution >= 4 is 44.0 Å². The molecule has 0 amide bonds. The monoisotopic (exact) mass is 308 g/mol. The minimum absolute atomic E-state index is 0.358. The molecule has 0 saturated carbocycles. The van der Waals surface area contributed by atoms with Gasteiger partial charge in [-0.3, -0.25) is 4.98 Å². The number of benzene rings is 1. The highest BCUT2D eigenvalue weighted by atomic mass is 79.9. The third-order valence-corrected chi connectivity index (χ3v) is 3.36. The second-order valence-electron chi connectivity index (χ2n) is 4.28. The van der Waals surface area contributed by atoms with E-state index in [-0.39, 0.29) is 0 Å². The minimum Gasteiger partial charge on any atom is -0.389 e. The van der Waals surface area contributed by atoms with Gasteiger partial charge < -0.3 is 5.73 Å². The highest BCUT2D eigenvalue weighted by Crippen LogP contribution is 2.25. The van der Waals surface area contributed by atoms with E-state index < -0.39 is 0 Å². The van der Waals surface area contributed by atoms with E-state index in [4.69, 9.17) is 18.0 Å². The van der Waals surface area contributed by atoms with Crippen molar-refractivity contribution in [3.8, 4) is 0 Å². The molecule has 0 aliphatic heterocycles. The van der Waals surface area contributed by atoms with Gasteiger partial charge in [-0.05, 0) is 30.2 Å². The maximum absolute atomic E-state index is 5.79. The van der Waals surface area contributed by atoms with Crippen LogP contribution in [0, 0.1) is 0 Å². The van der Waals surface area contributed by atoms with Crippen LogP contribution in [0.25, 0.3) is 10.9 Å². The average molecular weight is 309 g/mol. The molecule has 2 aromatic rings. The van der Waals surface area contributed by atoms with Gasteiger partial charge in [0.25, 0.3) is 0 Å². The Morgan fingerprint density at radius 1 is 1.35 bits per heavy atom. The number of hydrogen-bond donors (Lipinski definition) is 1. The van der Waals surface area contributed by atoms with E-state index in [1.54, 1.807) is 0 Å². The lowest BCUT2D eigenvalue weighted by Gasteiger charge is -2.11. The Labute approximate surface area is 114 Å². The van der Waals surface area contributed by atoms with Gasteiger partial charge in [0.2, 0.25) is 0 Å². The second kappa shape index (κ2) is 4.70. The molecule has 0 unspecified atom stereocenters. The fourth-order valence-corrected chi connectivity index (χ4v) is 2.25. The molecular weight excluding hydrogens is 296 g/mol. The first-order valence-electron chi connectivity index (χ1n) is 5.39. The molecule has 2 nitrogen and oxygen atoms in total. The number of thiocarbonyl (C=S) groups is 1. The molecule has 0 saturated heterocycles. The average Bonchev–Trinajstić information content (AvgIpc) is 2.27. The summed E-state index contributed by atoms with van der Waals surface area (Å²) in [5.74, 6) is 0.358. The molecule has 0 fully saturated rings. The Kier molecular flexibility index (Phi) is 3.45. The number of aromatic nitrogens is 1. The van der Waals surface area contributed by atoms with Crippen LogP contribution in [-0.2, 0) is 0 Å². The molecule has 2 N–H and O–H groups in total. The number of rotatable bonds is 2. The first kappa shape index (κ1) is 12.5. The lowest BCUT2D eigenvalue weighted by molar-refractivity contribution is 0.829. The van der Waals surface area contributed by atoms with Crippen molar-refractivity contribution in [1.29, 1.82) is 0 Å². The van der Waals surface area contributed by atoms with Crippen LogP contribution in [0.3, 0.4) is 0 Å². The first-order valence-corrected chi connectivity index (χ1v) is 6.59. The van der Waals surface area contributed by atoms with Crippen LogP contribution in [-0.4, -0.2) is 9.97 Å². The minimum atomic E-state index is 0.358. The van der Waals surface area contributed by atoms with E-state index in [1.807, 2.05) is 24.3 Å². The van der Waals surface area contributed by atoms with Crippen molar-refractivity contribution in [2.75, 3.05) is 0 Å². The number of pyridine rings is 1. The first-order chi connectivity index (χ1) is 7.99. The van der Waals surface area contributed by atoms with Gasteiger partial charge in [-0.1, -0.05) is 42.0 Å². The zero-order valence-corrected chi connectivity index (χ0v) is 12.1. The summed E-state index contributed by atoms with van der Waals surface area (Å²) >= 11 is 8.56. The summed E-state index contributed by atoms with van der Waals surface area (Å²) in [6.07, 6.45) is 0. The zero-order valence-electron chi connectivity index (χ0n) is 9.70. The third-order valence-electron chi connectivity index (χ3n) is 2.65. The maximum atomic E-state index is 5.79. The molecular formula is C13H13BrN2S. The molecule has 0 atom stereocenters. The quantitative estimate of drug-likeness (QED) is 0.859. The van der Waals surface area contributed by atoms with E-state index in [2.05, 4.69) is 34.8 Å². The van der Waals surface area contributed by atoms with Crippen molar-refractivity contribution in [3.63, 3.8) is 0 Å². The van der Waals surface area contributed by atoms with Gasteiger partial charge in [0.1, 0.15) is 4.99 Å². The Morgan fingerprint density at radius 2 is 2.06 bits per heavy atom. The number of nitrogens with zero attached hydrogens (tertiary/aromatic N) is 1. The summed E-state index contributed by atoms with van der Waals surface area (Å²) in [4.78, 5) is 5.04. The largest absolute Gasteiger partial charge is 0.389 e. The fourth-order valence-electron chi connectivity index (χ4n) is 1.72. The Morgan fingerprint density at radius 3 is 2.65 bits per heavy atom. The highest BCUT2D eigenvalue weighted by molar-refractivity contribution is 9.10. The summed E-state index contributed by atoms with van der Waals surface area (Å²) < 4.78 is 1.00. The Hall–Kier alpha value is -1.00. The van der Waals surface area contributed by atoms with Crippen LogP contribution < -0.4 is 5.73 Å². The molecule has 0 radical (unpaired) electrons. The van der Waals surface area contributed by atoms with E-state index >= 15 is 0 Å². The number of nitrogens with two attached hydrogens (primary N) is 1. The molecule has 0 bridgehead atoms.